The van der Waals surface area contributed by atoms with E-state index in [2.05, 4.69) is 0 Å². The Balaban J connectivity index is 1.77. The third-order valence-electron chi connectivity index (χ3n) is 6.29. The Labute approximate surface area is 151 Å². The van der Waals surface area contributed by atoms with E-state index in [1.54, 1.807) is 18.2 Å². The molecule has 0 radical (unpaired) electrons. The molecule has 4 atom stereocenters. The first-order valence-corrected chi connectivity index (χ1v) is 9.00. The van der Waals surface area contributed by atoms with Gasteiger partial charge in [0.2, 0.25) is 0 Å². The summed E-state index contributed by atoms with van der Waals surface area (Å²) >= 11 is 0. The van der Waals surface area contributed by atoms with Gasteiger partial charge in [-0.2, -0.15) is 0 Å². The Bertz CT molecular complexity index is 922. The molecule has 1 aromatic carbocycles. The highest BCUT2D eigenvalue weighted by atomic mass is 16.6. The van der Waals surface area contributed by atoms with E-state index in [1.165, 1.54) is 6.07 Å². The van der Waals surface area contributed by atoms with E-state index in [4.69, 9.17) is 9.47 Å². The van der Waals surface area contributed by atoms with Crippen LogP contribution in [-0.2, 0) is 9.53 Å². The average molecular weight is 352 g/mol. The minimum absolute atomic E-state index is 0.00361. The second-order valence-corrected chi connectivity index (χ2v) is 7.92. The molecule has 6 rings (SSSR count). The number of aromatic hydroxyl groups is 1. The second-order valence-electron chi connectivity index (χ2n) is 7.92. The fourth-order valence-electron chi connectivity index (χ4n) is 5.17. The molecule has 2 heterocycles. The molecular weight excluding hydrogens is 332 g/mol. The van der Waals surface area contributed by atoms with Gasteiger partial charge < -0.3 is 14.6 Å². The van der Waals surface area contributed by atoms with Crippen LogP contribution in [0, 0.1) is 11.8 Å². The van der Waals surface area contributed by atoms with Crippen molar-refractivity contribution >= 4 is 11.6 Å². The minimum Gasteiger partial charge on any atom is -0.507 e. The first-order chi connectivity index (χ1) is 12.4. The first kappa shape index (κ1) is 15.8. The van der Waals surface area contributed by atoms with E-state index in [1.807, 2.05) is 19.9 Å². The predicted molar refractivity (Wildman–Crippen MR) is 93.2 cm³/mol. The van der Waals surface area contributed by atoms with Gasteiger partial charge in [-0.15, -0.1) is 0 Å². The number of ether oxygens (including phenoxy) is 2. The van der Waals surface area contributed by atoms with Crippen molar-refractivity contribution in [3.05, 3.63) is 47.1 Å². The highest BCUT2D eigenvalue weighted by molar-refractivity contribution is 6.17. The highest BCUT2D eigenvalue weighted by Crippen LogP contribution is 2.63. The maximum Gasteiger partial charge on any atom is 0.200 e. The van der Waals surface area contributed by atoms with Crippen molar-refractivity contribution in [1.82, 2.24) is 0 Å². The number of hydrogen-bond donors (Lipinski definition) is 1. The van der Waals surface area contributed by atoms with Crippen LogP contribution in [0.5, 0.6) is 11.5 Å². The summed E-state index contributed by atoms with van der Waals surface area (Å²) in [4.78, 5) is 26.5. The molecule has 5 heteroatoms. The Kier molecular flexibility index (Phi) is 2.96. The first-order valence-electron chi connectivity index (χ1n) is 9.00. The Hall–Kier alpha value is -2.40. The number of benzene rings is 1. The number of rotatable bonds is 2. The number of Topliss-reactive ketones (excluding diaryl/α,β-unsaturated/α-hetero) is 2. The van der Waals surface area contributed by atoms with E-state index in [0.717, 1.165) is 5.57 Å². The summed E-state index contributed by atoms with van der Waals surface area (Å²) in [6, 6.07) is 4.81. The number of carbonyl (C=O) groups excluding carboxylic acids is 2. The molecule has 1 saturated carbocycles. The Morgan fingerprint density at radius 1 is 1.35 bits per heavy atom. The van der Waals surface area contributed by atoms with E-state index in [9.17, 15) is 14.7 Å². The normalized spacial score (nSPS) is 36.2. The van der Waals surface area contributed by atoms with Gasteiger partial charge in [0.25, 0.3) is 0 Å². The lowest BCUT2D eigenvalue weighted by Gasteiger charge is -2.55. The van der Waals surface area contributed by atoms with Crippen molar-refractivity contribution in [3.8, 4) is 11.5 Å². The molecule has 1 saturated heterocycles. The van der Waals surface area contributed by atoms with Crippen LogP contribution in [0.15, 0.2) is 41.5 Å². The molecule has 2 aliphatic heterocycles. The van der Waals surface area contributed by atoms with Gasteiger partial charge in [0.05, 0.1) is 6.61 Å². The van der Waals surface area contributed by atoms with Crippen molar-refractivity contribution in [2.24, 2.45) is 11.8 Å². The quantitative estimate of drug-likeness (QED) is 0.829. The summed E-state index contributed by atoms with van der Waals surface area (Å²) < 4.78 is 12.6. The van der Waals surface area contributed by atoms with E-state index in [0.29, 0.717) is 30.8 Å². The Morgan fingerprint density at radius 2 is 2.15 bits per heavy atom. The summed E-state index contributed by atoms with van der Waals surface area (Å²) in [7, 11) is 0. The zero-order valence-corrected chi connectivity index (χ0v) is 14.7. The number of carbonyl (C=O) groups is 2. The summed E-state index contributed by atoms with van der Waals surface area (Å²) in [6.07, 6.45) is 4.77. The SMILES string of the molecule is CC(C)=CCC12OC[C@@H]3C[C@@H](C=C4C(=O)c5c(O)cccc5O[C@]431)C2=O. The standard InChI is InChI=1S/C21H20O5/c1-11(2)6-7-20-19(24)12-8-13(10-25-20)21(20)14(9-12)18(23)17-15(22)4-3-5-16(17)26-21/h3-6,9,12-13,22H,7-8,10H2,1-2H3/t12-,13-,20?,21-/m0/s1. The van der Waals surface area contributed by atoms with Crippen LogP contribution in [0.25, 0.3) is 0 Å². The van der Waals surface area contributed by atoms with Gasteiger partial charge in [-0.1, -0.05) is 23.8 Å². The molecule has 1 N–H and O–H groups in total. The minimum atomic E-state index is -1.17. The van der Waals surface area contributed by atoms with Crippen LogP contribution in [-0.4, -0.2) is 34.5 Å². The third-order valence-corrected chi connectivity index (χ3v) is 6.29. The van der Waals surface area contributed by atoms with Gasteiger partial charge in [0, 0.05) is 23.8 Å². The molecule has 4 bridgehead atoms. The maximum absolute atomic E-state index is 13.3. The van der Waals surface area contributed by atoms with Crippen molar-refractivity contribution in [2.75, 3.05) is 6.61 Å². The lowest BCUT2D eigenvalue weighted by Crippen LogP contribution is -2.71. The summed E-state index contributed by atoms with van der Waals surface area (Å²) in [5, 5.41) is 10.2. The predicted octanol–water partition coefficient (Wildman–Crippen LogP) is 2.98. The van der Waals surface area contributed by atoms with Crippen LogP contribution in [0.4, 0.5) is 0 Å². The fourth-order valence-corrected chi connectivity index (χ4v) is 5.17. The lowest BCUT2D eigenvalue weighted by atomic mass is 9.53. The van der Waals surface area contributed by atoms with Crippen molar-refractivity contribution in [2.45, 2.75) is 37.9 Å². The topological polar surface area (TPSA) is 72.8 Å². The molecule has 1 aromatic rings. The van der Waals surface area contributed by atoms with Gasteiger partial charge in [0.15, 0.2) is 22.8 Å². The molecule has 1 spiro atoms. The summed E-state index contributed by atoms with van der Waals surface area (Å²) in [5.74, 6) is -0.386. The molecule has 3 aliphatic carbocycles. The van der Waals surface area contributed by atoms with Gasteiger partial charge in [-0.05, 0) is 32.4 Å². The number of phenols is 1. The monoisotopic (exact) mass is 352 g/mol. The molecule has 0 amide bonds. The maximum atomic E-state index is 13.3. The molecule has 134 valence electrons. The van der Waals surface area contributed by atoms with Crippen LogP contribution in [0.3, 0.4) is 0 Å². The number of phenolic OH excluding ortho intramolecular Hbond substituents is 1. The molecular formula is C21H20O5. The summed E-state index contributed by atoms with van der Waals surface area (Å²) in [6.45, 7) is 4.35. The van der Waals surface area contributed by atoms with E-state index in [-0.39, 0.29) is 34.7 Å². The van der Waals surface area contributed by atoms with Crippen LogP contribution in [0.2, 0.25) is 0 Å². The van der Waals surface area contributed by atoms with Gasteiger partial charge in [0.1, 0.15) is 17.1 Å². The van der Waals surface area contributed by atoms with E-state index < -0.39 is 11.2 Å². The number of ketones is 2. The van der Waals surface area contributed by atoms with Crippen LogP contribution in [0.1, 0.15) is 37.0 Å². The molecule has 2 fully saturated rings. The zero-order valence-electron chi connectivity index (χ0n) is 14.7. The second kappa shape index (κ2) is 4.86. The largest absolute Gasteiger partial charge is 0.507 e. The van der Waals surface area contributed by atoms with Crippen LogP contribution >= 0.6 is 0 Å². The number of allylic oxidation sites excluding steroid dienone is 2. The molecule has 0 aromatic heterocycles. The Morgan fingerprint density at radius 3 is 2.92 bits per heavy atom. The fraction of sp³-hybridized carbons (Fsp3) is 0.429. The number of hydrogen-bond acceptors (Lipinski definition) is 5. The summed E-state index contributed by atoms with van der Waals surface area (Å²) in [5.41, 5.74) is -0.514. The lowest BCUT2D eigenvalue weighted by molar-refractivity contribution is -0.165. The average Bonchev–Trinajstić information content (AvgIpc) is 2.85. The molecule has 5 aliphatic rings. The molecule has 26 heavy (non-hydrogen) atoms. The van der Waals surface area contributed by atoms with Gasteiger partial charge >= 0.3 is 0 Å². The zero-order chi connectivity index (χ0) is 18.3. The van der Waals surface area contributed by atoms with Gasteiger partial charge in [-0.25, -0.2) is 0 Å². The van der Waals surface area contributed by atoms with Gasteiger partial charge in [-0.3, -0.25) is 9.59 Å². The van der Waals surface area contributed by atoms with Crippen molar-refractivity contribution < 1.29 is 24.2 Å². The third kappa shape index (κ3) is 1.60. The van der Waals surface area contributed by atoms with Crippen molar-refractivity contribution in [3.63, 3.8) is 0 Å². The molecule has 1 unspecified atom stereocenters. The van der Waals surface area contributed by atoms with Crippen molar-refractivity contribution in [1.29, 1.82) is 0 Å². The smallest absolute Gasteiger partial charge is 0.200 e. The van der Waals surface area contributed by atoms with Crippen LogP contribution < -0.4 is 4.74 Å². The molecule has 5 nitrogen and oxygen atoms in total. The highest BCUT2D eigenvalue weighted by Gasteiger charge is 2.76. The number of fused-ring (bicyclic) bond motifs is 1. The van der Waals surface area contributed by atoms with E-state index >= 15 is 0 Å².